The van der Waals surface area contributed by atoms with Gasteiger partial charge in [0.15, 0.2) is 15.1 Å². The molecule has 2 unspecified atom stereocenters. The van der Waals surface area contributed by atoms with Crippen molar-refractivity contribution in [2.75, 3.05) is 17.2 Å². The van der Waals surface area contributed by atoms with Crippen molar-refractivity contribution >= 4 is 33.2 Å². The third-order valence-electron chi connectivity index (χ3n) is 4.88. The Balaban J connectivity index is 1.72. The second kappa shape index (κ2) is 7.67. The highest BCUT2D eigenvalue weighted by atomic mass is 32.2. The maximum Gasteiger partial charge on any atom is 0.251 e. The number of nitrogens with zero attached hydrogens (tertiary/aromatic N) is 1. The minimum atomic E-state index is -3.69. The normalized spacial score (nSPS) is 25.0. The van der Waals surface area contributed by atoms with Crippen LogP contribution in [-0.2, 0) is 19.4 Å². The summed E-state index contributed by atoms with van der Waals surface area (Å²) in [5.74, 6) is -1.58. The monoisotopic (exact) mass is 392 g/mol. The fourth-order valence-corrected chi connectivity index (χ4v) is 5.18. The first-order valence-corrected chi connectivity index (χ1v) is 10.6. The maximum atomic E-state index is 12.5. The first kappa shape index (κ1) is 19.3. The summed E-state index contributed by atoms with van der Waals surface area (Å²) in [5.41, 5.74) is 6.26. The van der Waals surface area contributed by atoms with Crippen molar-refractivity contribution in [3.63, 3.8) is 0 Å². The van der Waals surface area contributed by atoms with Crippen molar-refractivity contribution < 1.29 is 22.8 Å². The van der Waals surface area contributed by atoms with Crippen LogP contribution in [0.2, 0.25) is 0 Å². The van der Waals surface area contributed by atoms with Gasteiger partial charge in [-0.15, -0.1) is 0 Å². The predicted molar refractivity (Wildman–Crippen MR) is 99.6 cm³/mol. The van der Waals surface area contributed by atoms with Crippen molar-refractivity contribution in [3.05, 3.63) is 36.2 Å². The van der Waals surface area contributed by atoms with Crippen LogP contribution in [0.5, 0.6) is 0 Å². The number of carbonyl (C=O) groups is 3. The van der Waals surface area contributed by atoms with Crippen LogP contribution in [0.25, 0.3) is 0 Å². The second-order valence-electron chi connectivity index (χ2n) is 6.76. The third-order valence-corrected chi connectivity index (χ3v) is 6.98. The van der Waals surface area contributed by atoms with E-state index in [4.69, 9.17) is 5.73 Å². The largest absolute Gasteiger partial charge is 0.368 e. The van der Waals surface area contributed by atoms with Crippen LogP contribution in [-0.4, -0.2) is 49.7 Å². The lowest BCUT2D eigenvalue weighted by Crippen LogP contribution is -2.56. The summed E-state index contributed by atoms with van der Waals surface area (Å²) < 4.78 is 24.2. The molecule has 2 atom stereocenters. The fraction of sp³-hybridized carbons (Fsp3) is 0.444. The average Bonchev–Trinajstić information content (AvgIpc) is 2.61. The molecule has 27 heavy (non-hydrogen) atoms. The molecule has 1 aromatic rings. The highest BCUT2D eigenvalue weighted by Gasteiger charge is 2.42. The van der Waals surface area contributed by atoms with Gasteiger partial charge in [-0.25, -0.2) is 8.42 Å². The van der Waals surface area contributed by atoms with E-state index in [-0.39, 0.29) is 18.1 Å². The van der Waals surface area contributed by atoms with Crippen molar-refractivity contribution in [1.82, 2.24) is 5.32 Å². The Morgan fingerprint density at radius 1 is 1.15 bits per heavy atom. The third kappa shape index (κ3) is 4.13. The van der Waals surface area contributed by atoms with Gasteiger partial charge in [-0.1, -0.05) is 0 Å². The number of piperidine rings is 1. The molecule has 0 saturated carbocycles. The zero-order chi connectivity index (χ0) is 19.6. The molecule has 2 fully saturated rings. The number of carbonyl (C=O) groups excluding carboxylic acids is 3. The van der Waals surface area contributed by atoms with Gasteiger partial charge >= 0.3 is 0 Å². The van der Waals surface area contributed by atoms with Crippen LogP contribution in [0, 0.1) is 6.42 Å². The van der Waals surface area contributed by atoms with Gasteiger partial charge in [-0.05, 0) is 49.9 Å². The van der Waals surface area contributed by atoms with E-state index in [1.165, 1.54) is 0 Å². The molecule has 3 rings (SSSR count). The number of amides is 3. The number of nitrogens with two attached hydrogens (primary N) is 1. The van der Waals surface area contributed by atoms with Gasteiger partial charge in [0, 0.05) is 24.2 Å². The highest BCUT2D eigenvalue weighted by molar-refractivity contribution is 7.92. The van der Waals surface area contributed by atoms with Crippen LogP contribution in [0.1, 0.15) is 36.0 Å². The number of hydrogen-bond acceptors (Lipinski definition) is 5. The van der Waals surface area contributed by atoms with Crippen LogP contribution in [0.3, 0.4) is 0 Å². The number of hydrogen-bond donors (Lipinski definition) is 2. The molecule has 2 aliphatic rings. The van der Waals surface area contributed by atoms with Gasteiger partial charge < -0.3 is 16.0 Å². The van der Waals surface area contributed by atoms with Crippen molar-refractivity contribution in [2.45, 2.75) is 37.0 Å². The Morgan fingerprint density at radius 2 is 1.85 bits per heavy atom. The maximum absolute atomic E-state index is 12.5. The molecule has 1 radical (unpaired) electrons. The molecule has 0 aliphatic carbocycles. The van der Waals surface area contributed by atoms with Gasteiger partial charge in [0.25, 0.3) is 5.91 Å². The van der Waals surface area contributed by atoms with Crippen LogP contribution in [0.4, 0.5) is 5.69 Å². The number of nitrogens with one attached hydrogen (secondary N) is 1. The Kier molecular flexibility index (Phi) is 5.50. The minimum absolute atomic E-state index is 0.0600. The minimum Gasteiger partial charge on any atom is -0.368 e. The molecule has 2 aliphatic heterocycles. The van der Waals surface area contributed by atoms with Gasteiger partial charge in [-0.3, -0.25) is 14.4 Å². The quantitative estimate of drug-likeness (QED) is 0.756. The van der Waals surface area contributed by atoms with Crippen molar-refractivity contribution in [3.8, 4) is 0 Å². The lowest BCUT2D eigenvalue weighted by Gasteiger charge is -2.29. The lowest BCUT2D eigenvalue weighted by atomic mass is 10.1. The summed E-state index contributed by atoms with van der Waals surface area (Å²) >= 11 is 0. The topological polar surface area (TPSA) is 127 Å². The molecule has 8 nitrogen and oxygen atoms in total. The predicted octanol–water partition coefficient (Wildman–Crippen LogP) is 0.179. The number of rotatable bonds is 4. The van der Waals surface area contributed by atoms with E-state index >= 15 is 0 Å². The standard InChI is InChI=1S/C18H22N3O5S/c19-17(23)16-14(4-3-11-27(16,25)26)20-18(24)12-6-8-13(9-7-12)21-10-2-1-5-15(21)22/h4,6-9,14,16H,1-3,5,10-11H2,(H2,19,23)(H,20,24). The van der Waals surface area contributed by atoms with Gasteiger partial charge in [-0.2, -0.15) is 0 Å². The SMILES string of the molecule is NC(=O)C1C(NC(=O)c2ccc(N3CCCCC3=O)cc2)[CH]CCS1(=O)=O. The zero-order valence-electron chi connectivity index (χ0n) is 14.8. The number of sulfone groups is 1. The smallest absolute Gasteiger partial charge is 0.251 e. The molecule has 0 bridgehead atoms. The summed E-state index contributed by atoms with van der Waals surface area (Å²) in [6.45, 7) is 0.652. The van der Waals surface area contributed by atoms with Crippen LogP contribution in [0.15, 0.2) is 24.3 Å². The van der Waals surface area contributed by atoms with E-state index in [9.17, 15) is 22.8 Å². The fourth-order valence-electron chi connectivity index (χ4n) is 3.48. The van der Waals surface area contributed by atoms with E-state index < -0.39 is 32.9 Å². The summed E-state index contributed by atoms with van der Waals surface area (Å²) in [7, 11) is -3.69. The van der Waals surface area contributed by atoms with E-state index in [0.717, 1.165) is 18.5 Å². The van der Waals surface area contributed by atoms with Gasteiger partial charge in [0.2, 0.25) is 11.8 Å². The Morgan fingerprint density at radius 3 is 2.48 bits per heavy atom. The summed E-state index contributed by atoms with van der Waals surface area (Å²) in [6.07, 6.45) is 4.18. The molecule has 3 amide bonds. The molecular formula is C18H22N3O5S. The van der Waals surface area contributed by atoms with Gasteiger partial charge in [0.1, 0.15) is 0 Å². The molecule has 145 valence electrons. The molecule has 9 heteroatoms. The van der Waals surface area contributed by atoms with E-state index in [1.807, 2.05) is 0 Å². The van der Waals surface area contributed by atoms with E-state index in [0.29, 0.717) is 18.5 Å². The first-order valence-electron chi connectivity index (χ1n) is 8.85. The molecule has 3 N–H and O–H groups in total. The molecule has 1 aromatic carbocycles. The molecule has 2 saturated heterocycles. The number of anilines is 1. The van der Waals surface area contributed by atoms with E-state index in [1.54, 1.807) is 35.6 Å². The van der Waals surface area contributed by atoms with E-state index in [2.05, 4.69) is 5.32 Å². The Labute approximate surface area is 158 Å². The molecular weight excluding hydrogens is 370 g/mol. The van der Waals surface area contributed by atoms with Crippen molar-refractivity contribution in [1.29, 1.82) is 0 Å². The summed E-state index contributed by atoms with van der Waals surface area (Å²) in [5, 5.41) is 1.12. The lowest BCUT2D eigenvalue weighted by molar-refractivity contribution is -0.119. The van der Waals surface area contributed by atoms with Crippen LogP contribution < -0.4 is 16.0 Å². The average molecular weight is 392 g/mol. The number of primary amides is 1. The van der Waals surface area contributed by atoms with Gasteiger partial charge in [0.05, 0.1) is 11.8 Å². The molecule has 2 heterocycles. The molecule has 0 aromatic heterocycles. The second-order valence-corrected chi connectivity index (χ2v) is 9.00. The Bertz CT molecular complexity index is 850. The van der Waals surface area contributed by atoms with Crippen LogP contribution >= 0.6 is 0 Å². The zero-order valence-corrected chi connectivity index (χ0v) is 15.6. The first-order chi connectivity index (χ1) is 12.8. The molecule has 0 spiro atoms. The van der Waals surface area contributed by atoms with Crippen molar-refractivity contribution in [2.24, 2.45) is 5.73 Å². The number of benzene rings is 1. The Hall–Kier alpha value is -2.42. The highest BCUT2D eigenvalue weighted by Crippen LogP contribution is 2.22. The summed E-state index contributed by atoms with van der Waals surface area (Å²) in [6, 6.07) is 5.56. The summed E-state index contributed by atoms with van der Waals surface area (Å²) in [4.78, 5) is 37.7.